The Bertz CT molecular complexity index is 725. The lowest BCUT2D eigenvalue weighted by molar-refractivity contribution is 0.142. The SMILES string of the molecule is COc1ccc(CCN2CCC[C@H](CN(C)Cc3cc(CC(C)C)n[nH]3)C2)cc1. The third kappa shape index (κ3) is 7.16. The molecule has 0 radical (unpaired) electrons. The number of H-pyrrole nitrogens is 1. The van der Waals surface area contributed by atoms with E-state index in [9.17, 15) is 0 Å². The number of hydrogen-bond acceptors (Lipinski definition) is 4. The van der Waals surface area contributed by atoms with Crippen molar-refractivity contribution in [2.24, 2.45) is 11.8 Å². The van der Waals surface area contributed by atoms with Gasteiger partial charge in [-0.1, -0.05) is 26.0 Å². The lowest BCUT2D eigenvalue weighted by Crippen LogP contribution is -2.40. The van der Waals surface area contributed by atoms with Crippen molar-refractivity contribution in [3.63, 3.8) is 0 Å². The number of aromatic amines is 1. The van der Waals surface area contributed by atoms with Crippen LogP contribution in [-0.4, -0.2) is 60.3 Å². The molecule has 1 aromatic heterocycles. The Morgan fingerprint density at radius 1 is 1.28 bits per heavy atom. The standard InChI is InChI=1S/C24H38N4O/c1-19(2)14-22-15-23(26-25-22)18-27(3)16-21-6-5-12-28(17-21)13-11-20-7-9-24(29-4)10-8-20/h7-10,15,19,21H,5-6,11-14,16-18H2,1-4H3,(H,25,26)/t21-/m1/s1. The van der Waals surface area contributed by atoms with Crippen LogP contribution in [0.1, 0.15) is 43.6 Å². The Hall–Kier alpha value is -1.85. The second-order valence-electron chi connectivity index (χ2n) is 9.09. The Morgan fingerprint density at radius 2 is 2.07 bits per heavy atom. The van der Waals surface area contributed by atoms with E-state index in [-0.39, 0.29) is 0 Å². The maximum absolute atomic E-state index is 5.25. The third-order valence-corrected chi connectivity index (χ3v) is 5.79. The van der Waals surface area contributed by atoms with Crippen molar-refractivity contribution < 1.29 is 4.74 Å². The summed E-state index contributed by atoms with van der Waals surface area (Å²) in [4.78, 5) is 5.09. The molecule has 1 N–H and O–H groups in total. The predicted molar refractivity (Wildman–Crippen MR) is 119 cm³/mol. The van der Waals surface area contributed by atoms with Gasteiger partial charge in [0.1, 0.15) is 5.75 Å². The molecule has 0 unspecified atom stereocenters. The van der Waals surface area contributed by atoms with Crippen LogP contribution in [0.25, 0.3) is 0 Å². The molecule has 1 aliphatic rings. The smallest absolute Gasteiger partial charge is 0.118 e. The molecule has 1 fully saturated rings. The predicted octanol–water partition coefficient (Wildman–Crippen LogP) is 4.00. The van der Waals surface area contributed by atoms with Crippen LogP contribution in [0.5, 0.6) is 5.75 Å². The number of aromatic nitrogens is 2. The molecule has 29 heavy (non-hydrogen) atoms. The van der Waals surface area contributed by atoms with Gasteiger partial charge in [-0.2, -0.15) is 5.10 Å². The molecule has 1 saturated heterocycles. The van der Waals surface area contributed by atoms with Gasteiger partial charge in [-0.15, -0.1) is 0 Å². The highest BCUT2D eigenvalue weighted by Gasteiger charge is 2.21. The van der Waals surface area contributed by atoms with Crippen molar-refractivity contribution in [1.29, 1.82) is 0 Å². The molecule has 3 rings (SSSR count). The number of likely N-dealkylation sites (tertiary alicyclic amines) is 1. The van der Waals surface area contributed by atoms with Gasteiger partial charge in [0.2, 0.25) is 0 Å². The average Bonchev–Trinajstić information content (AvgIpc) is 3.12. The Kier molecular flexibility index (Phi) is 8.13. The molecular formula is C24H38N4O. The monoisotopic (exact) mass is 398 g/mol. The van der Waals surface area contributed by atoms with Crippen LogP contribution in [-0.2, 0) is 19.4 Å². The molecule has 1 aliphatic heterocycles. The van der Waals surface area contributed by atoms with Crippen LogP contribution >= 0.6 is 0 Å². The number of benzene rings is 1. The normalized spacial score (nSPS) is 17.9. The summed E-state index contributed by atoms with van der Waals surface area (Å²) in [7, 11) is 3.95. The molecule has 0 spiro atoms. The zero-order valence-electron chi connectivity index (χ0n) is 18.7. The van der Waals surface area contributed by atoms with E-state index in [0.717, 1.165) is 44.1 Å². The second-order valence-corrected chi connectivity index (χ2v) is 9.09. The molecule has 0 amide bonds. The van der Waals surface area contributed by atoms with Gasteiger partial charge in [0, 0.05) is 31.9 Å². The van der Waals surface area contributed by atoms with Crippen molar-refractivity contribution >= 4 is 0 Å². The molecule has 160 valence electrons. The molecule has 0 saturated carbocycles. The molecule has 0 bridgehead atoms. The summed E-state index contributed by atoms with van der Waals surface area (Å²) in [5, 5.41) is 7.69. The van der Waals surface area contributed by atoms with E-state index in [1.165, 1.54) is 42.9 Å². The van der Waals surface area contributed by atoms with Crippen LogP contribution in [0.4, 0.5) is 0 Å². The molecule has 2 aromatic rings. The van der Waals surface area contributed by atoms with Gasteiger partial charge in [0.05, 0.1) is 12.8 Å². The van der Waals surface area contributed by atoms with Crippen LogP contribution in [0.3, 0.4) is 0 Å². The lowest BCUT2D eigenvalue weighted by atomic mass is 9.97. The summed E-state index contributed by atoms with van der Waals surface area (Å²) < 4.78 is 5.25. The van der Waals surface area contributed by atoms with Gasteiger partial charge < -0.3 is 14.5 Å². The number of piperidine rings is 1. The molecule has 5 nitrogen and oxygen atoms in total. The Labute approximate surface area is 176 Å². The maximum Gasteiger partial charge on any atom is 0.118 e. The minimum absolute atomic E-state index is 0.648. The molecule has 0 aliphatic carbocycles. The average molecular weight is 399 g/mol. The fourth-order valence-electron chi connectivity index (χ4n) is 4.39. The Balaban J connectivity index is 1.41. The van der Waals surface area contributed by atoms with Crippen molar-refractivity contribution in [1.82, 2.24) is 20.0 Å². The first kappa shape index (κ1) is 21.8. The largest absolute Gasteiger partial charge is 0.497 e. The van der Waals surface area contributed by atoms with E-state index >= 15 is 0 Å². The van der Waals surface area contributed by atoms with E-state index in [1.807, 2.05) is 0 Å². The summed E-state index contributed by atoms with van der Waals surface area (Å²) in [5.74, 6) is 2.33. The highest BCUT2D eigenvalue weighted by Crippen LogP contribution is 2.19. The van der Waals surface area contributed by atoms with Gasteiger partial charge in [-0.05, 0) is 74.9 Å². The minimum atomic E-state index is 0.648. The Morgan fingerprint density at radius 3 is 2.79 bits per heavy atom. The molecular weight excluding hydrogens is 360 g/mol. The summed E-state index contributed by atoms with van der Waals surface area (Å²) in [6.45, 7) is 10.2. The zero-order valence-corrected chi connectivity index (χ0v) is 18.7. The number of methoxy groups -OCH3 is 1. The number of rotatable bonds is 10. The van der Waals surface area contributed by atoms with E-state index in [1.54, 1.807) is 7.11 Å². The van der Waals surface area contributed by atoms with Gasteiger partial charge >= 0.3 is 0 Å². The molecule has 5 heteroatoms. The van der Waals surface area contributed by atoms with Crippen molar-refractivity contribution in [2.45, 2.75) is 46.1 Å². The van der Waals surface area contributed by atoms with Crippen LogP contribution in [0, 0.1) is 11.8 Å². The summed E-state index contributed by atoms with van der Waals surface area (Å²) in [5.41, 5.74) is 3.81. The quantitative estimate of drug-likeness (QED) is 0.657. The van der Waals surface area contributed by atoms with Crippen LogP contribution in [0.2, 0.25) is 0 Å². The third-order valence-electron chi connectivity index (χ3n) is 5.79. The molecule has 1 atom stereocenters. The number of ether oxygens (including phenoxy) is 1. The highest BCUT2D eigenvalue weighted by molar-refractivity contribution is 5.27. The second kappa shape index (κ2) is 10.8. The van der Waals surface area contributed by atoms with E-state index in [2.05, 4.69) is 71.2 Å². The lowest BCUT2D eigenvalue weighted by Gasteiger charge is -2.34. The summed E-state index contributed by atoms with van der Waals surface area (Å²) >= 11 is 0. The molecule has 1 aromatic carbocycles. The van der Waals surface area contributed by atoms with Crippen LogP contribution < -0.4 is 4.74 Å². The van der Waals surface area contributed by atoms with Gasteiger partial charge in [0.15, 0.2) is 0 Å². The van der Waals surface area contributed by atoms with Crippen molar-refractivity contribution in [2.75, 3.05) is 40.3 Å². The fourth-order valence-corrected chi connectivity index (χ4v) is 4.39. The maximum atomic E-state index is 5.25. The summed E-state index contributed by atoms with van der Waals surface area (Å²) in [6, 6.07) is 10.7. The van der Waals surface area contributed by atoms with Crippen molar-refractivity contribution in [3.05, 3.63) is 47.3 Å². The first-order chi connectivity index (χ1) is 14.0. The fraction of sp³-hybridized carbons (Fsp3) is 0.625. The summed E-state index contributed by atoms with van der Waals surface area (Å²) in [6.07, 6.45) is 4.81. The first-order valence-corrected chi connectivity index (χ1v) is 11.1. The highest BCUT2D eigenvalue weighted by atomic mass is 16.5. The van der Waals surface area contributed by atoms with Gasteiger partial charge in [0.25, 0.3) is 0 Å². The molecule has 2 heterocycles. The van der Waals surface area contributed by atoms with E-state index in [4.69, 9.17) is 4.74 Å². The van der Waals surface area contributed by atoms with Crippen LogP contribution in [0.15, 0.2) is 30.3 Å². The zero-order chi connectivity index (χ0) is 20.6. The minimum Gasteiger partial charge on any atom is -0.497 e. The van der Waals surface area contributed by atoms with E-state index < -0.39 is 0 Å². The van der Waals surface area contributed by atoms with Gasteiger partial charge in [-0.25, -0.2) is 0 Å². The number of nitrogens with one attached hydrogen (secondary N) is 1. The van der Waals surface area contributed by atoms with Crippen molar-refractivity contribution in [3.8, 4) is 5.75 Å². The van der Waals surface area contributed by atoms with Gasteiger partial charge in [-0.3, -0.25) is 5.10 Å². The first-order valence-electron chi connectivity index (χ1n) is 11.1. The van der Waals surface area contributed by atoms with E-state index in [0.29, 0.717) is 5.92 Å². The topological polar surface area (TPSA) is 44.4 Å². The number of nitrogens with zero attached hydrogens (tertiary/aromatic N) is 3. The number of hydrogen-bond donors (Lipinski definition) is 1.